The molecule has 1 N–H and O–H groups in total. The zero-order chi connectivity index (χ0) is 21.3. The first kappa shape index (κ1) is 20.8. The van der Waals surface area contributed by atoms with Gasteiger partial charge >= 0.3 is 0 Å². The third-order valence-corrected chi connectivity index (χ3v) is 6.54. The molecule has 0 radical (unpaired) electrons. The van der Waals surface area contributed by atoms with E-state index in [1.54, 1.807) is 17.0 Å². The number of benzene rings is 1. The Morgan fingerprint density at radius 3 is 2.33 bits per heavy atom. The van der Waals surface area contributed by atoms with Gasteiger partial charge < -0.3 is 15.0 Å². The molecule has 1 atom stereocenters. The van der Waals surface area contributed by atoms with E-state index in [4.69, 9.17) is 4.74 Å². The average Bonchev–Trinajstić information content (AvgIpc) is 3.05. The molecule has 4 rings (SSSR count). The van der Waals surface area contributed by atoms with Crippen molar-refractivity contribution in [3.8, 4) is 0 Å². The average molecular weight is 414 g/mol. The molecule has 7 nitrogen and oxygen atoms in total. The minimum absolute atomic E-state index is 0.0235. The van der Waals surface area contributed by atoms with E-state index in [0.717, 1.165) is 19.3 Å². The summed E-state index contributed by atoms with van der Waals surface area (Å²) in [5.41, 5.74) is -0.305. The third-order valence-electron chi connectivity index (χ3n) is 6.54. The van der Waals surface area contributed by atoms with E-state index in [-0.39, 0.29) is 36.3 Å². The molecule has 1 aromatic carbocycles. The van der Waals surface area contributed by atoms with Gasteiger partial charge in [-0.3, -0.25) is 19.3 Å². The first-order valence-corrected chi connectivity index (χ1v) is 11.0. The highest BCUT2D eigenvalue weighted by atomic mass is 16.5. The number of carbonyl (C=O) groups excluding carboxylic acids is 3. The lowest BCUT2D eigenvalue weighted by Crippen LogP contribution is -2.60. The van der Waals surface area contributed by atoms with Crippen molar-refractivity contribution in [2.45, 2.75) is 63.8 Å². The molecule has 1 saturated carbocycles. The molecule has 1 aliphatic carbocycles. The summed E-state index contributed by atoms with van der Waals surface area (Å²) in [4.78, 5) is 42.6. The first-order chi connectivity index (χ1) is 14.4. The molecule has 3 amide bonds. The van der Waals surface area contributed by atoms with Gasteiger partial charge in [0.05, 0.1) is 6.61 Å². The molecule has 30 heavy (non-hydrogen) atoms. The van der Waals surface area contributed by atoms with Crippen LogP contribution in [-0.2, 0) is 14.3 Å². The Bertz CT molecular complexity index is 798. The van der Waals surface area contributed by atoms with E-state index in [2.05, 4.69) is 5.32 Å². The SMILES string of the molecule is CC(C)NC(=O)C1COC2(CCN(C(=O)C3CCC3)CC2)N1C(=O)c1ccccc1. The molecule has 0 bridgehead atoms. The number of ether oxygens (including phenoxy) is 1. The summed E-state index contributed by atoms with van der Waals surface area (Å²) < 4.78 is 6.19. The second-order valence-electron chi connectivity index (χ2n) is 8.93. The van der Waals surface area contributed by atoms with E-state index >= 15 is 0 Å². The highest BCUT2D eigenvalue weighted by Gasteiger charge is 2.54. The van der Waals surface area contributed by atoms with Gasteiger partial charge in [0.25, 0.3) is 5.91 Å². The van der Waals surface area contributed by atoms with Crippen LogP contribution in [0.2, 0.25) is 0 Å². The van der Waals surface area contributed by atoms with Gasteiger partial charge in [-0.05, 0) is 38.8 Å². The molecule has 2 saturated heterocycles. The molecule has 0 aromatic heterocycles. The summed E-state index contributed by atoms with van der Waals surface area (Å²) in [6.07, 6.45) is 4.13. The van der Waals surface area contributed by atoms with Gasteiger partial charge in [0.2, 0.25) is 11.8 Å². The number of piperidine rings is 1. The van der Waals surface area contributed by atoms with E-state index in [1.165, 1.54) is 0 Å². The van der Waals surface area contributed by atoms with Gasteiger partial charge in [-0.2, -0.15) is 0 Å². The van der Waals surface area contributed by atoms with Crippen molar-refractivity contribution in [3.63, 3.8) is 0 Å². The molecule has 3 aliphatic rings. The van der Waals surface area contributed by atoms with Gasteiger partial charge in [-0.1, -0.05) is 24.6 Å². The van der Waals surface area contributed by atoms with Crippen molar-refractivity contribution in [3.05, 3.63) is 35.9 Å². The van der Waals surface area contributed by atoms with Crippen molar-refractivity contribution in [2.24, 2.45) is 5.92 Å². The molecule has 2 aliphatic heterocycles. The number of hydrogen-bond acceptors (Lipinski definition) is 4. The summed E-state index contributed by atoms with van der Waals surface area (Å²) in [7, 11) is 0. The predicted octanol–water partition coefficient (Wildman–Crippen LogP) is 2.17. The number of likely N-dealkylation sites (tertiary alicyclic amines) is 1. The molecule has 3 fully saturated rings. The summed E-state index contributed by atoms with van der Waals surface area (Å²) in [6.45, 7) is 5.07. The Labute approximate surface area is 177 Å². The Kier molecular flexibility index (Phi) is 5.82. The molecule has 1 unspecified atom stereocenters. The molecule has 1 spiro atoms. The summed E-state index contributed by atoms with van der Waals surface area (Å²) in [5.74, 6) is -0.00536. The maximum Gasteiger partial charge on any atom is 0.256 e. The minimum atomic E-state index is -0.845. The lowest BCUT2D eigenvalue weighted by atomic mass is 9.83. The highest BCUT2D eigenvalue weighted by molar-refractivity contribution is 5.98. The van der Waals surface area contributed by atoms with E-state index in [0.29, 0.717) is 31.5 Å². The molecule has 7 heteroatoms. The zero-order valence-corrected chi connectivity index (χ0v) is 17.8. The molecule has 2 heterocycles. The van der Waals surface area contributed by atoms with Crippen LogP contribution in [0.15, 0.2) is 30.3 Å². The standard InChI is InChI=1S/C23H31N3O4/c1-16(2)24-20(27)19-15-30-23(26(19)22(29)18-7-4-3-5-8-18)11-13-25(14-12-23)21(28)17-9-6-10-17/h3-5,7-8,16-17,19H,6,9-15H2,1-2H3,(H,24,27). The first-order valence-electron chi connectivity index (χ1n) is 11.0. The van der Waals surface area contributed by atoms with E-state index in [9.17, 15) is 14.4 Å². The Morgan fingerprint density at radius 1 is 1.10 bits per heavy atom. The monoisotopic (exact) mass is 413 g/mol. The highest BCUT2D eigenvalue weighted by Crippen LogP contribution is 2.39. The number of amides is 3. The van der Waals surface area contributed by atoms with Crippen molar-refractivity contribution < 1.29 is 19.1 Å². The van der Waals surface area contributed by atoms with Crippen LogP contribution in [0.4, 0.5) is 0 Å². The van der Waals surface area contributed by atoms with Crippen molar-refractivity contribution in [1.82, 2.24) is 15.1 Å². The fourth-order valence-corrected chi connectivity index (χ4v) is 4.66. The second kappa shape index (κ2) is 8.38. The van der Waals surface area contributed by atoms with Crippen molar-refractivity contribution >= 4 is 17.7 Å². The van der Waals surface area contributed by atoms with Crippen molar-refractivity contribution in [1.29, 1.82) is 0 Å². The Hall–Kier alpha value is -2.41. The maximum atomic E-state index is 13.5. The van der Waals surface area contributed by atoms with Crippen LogP contribution >= 0.6 is 0 Å². The topological polar surface area (TPSA) is 79.0 Å². The van der Waals surface area contributed by atoms with Crippen molar-refractivity contribution in [2.75, 3.05) is 19.7 Å². The molecular formula is C23H31N3O4. The van der Waals surface area contributed by atoms with Gasteiger partial charge in [-0.25, -0.2) is 0 Å². The van der Waals surface area contributed by atoms with Gasteiger partial charge in [0.15, 0.2) is 0 Å². The smallest absolute Gasteiger partial charge is 0.256 e. The van der Waals surface area contributed by atoms with Crippen LogP contribution in [0.1, 0.15) is 56.3 Å². The fourth-order valence-electron chi connectivity index (χ4n) is 4.66. The quantitative estimate of drug-likeness (QED) is 0.821. The minimum Gasteiger partial charge on any atom is -0.353 e. The van der Waals surface area contributed by atoms with Gasteiger partial charge in [0.1, 0.15) is 11.8 Å². The number of nitrogens with one attached hydrogen (secondary N) is 1. The van der Waals surface area contributed by atoms with Crippen LogP contribution in [-0.4, -0.2) is 65.0 Å². The molecule has 1 aromatic rings. The summed E-state index contributed by atoms with van der Waals surface area (Å²) in [6, 6.07) is 8.33. The maximum absolute atomic E-state index is 13.5. The second-order valence-corrected chi connectivity index (χ2v) is 8.93. The van der Waals surface area contributed by atoms with Gasteiger partial charge in [0, 0.05) is 43.5 Å². The summed E-state index contributed by atoms with van der Waals surface area (Å²) in [5, 5.41) is 2.92. The summed E-state index contributed by atoms with van der Waals surface area (Å²) >= 11 is 0. The third kappa shape index (κ3) is 3.83. The lowest BCUT2D eigenvalue weighted by Gasteiger charge is -2.45. The normalized spacial score (nSPS) is 23.5. The molecular weight excluding hydrogens is 382 g/mol. The predicted molar refractivity (Wildman–Crippen MR) is 112 cm³/mol. The van der Waals surface area contributed by atoms with Crippen LogP contribution in [0, 0.1) is 5.92 Å². The van der Waals surface area contributed by atoms with Crippen LogP contribution in [0.5, 0.6) is 0 Å². The number of hydrogen-bond donors (Lipinski definition) is 1. The lowest BCUT2D eigenvalue weighted by molar-refractivity contribution is -0.149. The van der Waals surface area contributed by atoms with Crippen LogP contribution in [0.3, 0.4) is 0 Å². The van der Waals surface area contributed by atoms with E-state index in [1.807, 2.05) is 36.9 Å². The van der Waals surface area contributed by atoms with Gasteiger partial charge in [-0.15, -0.1) is 0 Å². The fraction of sp³-hybridized carbons (Fsp3) is 0.609. The Morgan fingerprint density at radius 2 is 1.77 bits per heavy atom. The largest absolute Gasteiger partial charge is 0.353 e. The van der Waals surface area contributed by atoms with E-state index < -0.39 is 11.8 Å². The number of carbonyl (C=O) groups is 3. The van der Waals surface area contributed by atoms with Crippen LogP contribution < -0.4 is 5.32 Å². The number of rotatable bonds is 4. The zero-order valence-electron chi connectivity index (χ0n) is 17.8. The van der Waals surface area contributed by atoms with Crippen LogP contribution in [0.25, 0.3) is 0 Å². The molecule has 162 valence electrons. The Balaban J connectivity index is 1.56. The number of nitrogens with zero attached hydrogens (tertiary/aromatic N) is 2.